The quantitative estimate of drug-likeness (QED) is 0.682. The van der Waals surface area contributed by atoms with Crippen molar-refractivity contribution in [3.05, 3.63) is 59.2 Å². The van der Waals surface area contributed by atoms with Crippen LogP contribution in [-0.2, 0) is 16.0 Å². The van der Waals surface area contributed by atoms with Crippen LogP contribution in [0.2, 0.25) is 0 Å². The van der Waals surface area contributed by atoms with Gasteiger partial charge in [-0.05, 0) is 43.7 Å². The number of hydrogen-bond donors (Lipinski definition) is 1. The van der Waals surface area contributed by atoms with Crippen LogP contribution in [0.5, 0.6) is 5.75 Å². The van der Waals surface area contributed by atoms with Crippen molar-refractivity contribution in [3.63, 3.8) is 0 Å². The van der Waals surface area contributed by atoms with Crippen LogP contribution in [0.3, 0.4) is 0 Å². The molecule has 0 aliphatic carbocycles. The molecule has 2 aromatic rings. The summed E-state index contributed by atoms with van der Waals surface area (Å²) < 4.78 is 11.2. The van der Waals surface area contributed by atoms with Crippen molar-refractivity contribution in [2.45, 2.75) is 31.3 Å². The van der Waals surface area contributed by atoms with Gasteiger partial charge >= 0.3 is 0 Å². The van der Waals surface area contributed by atoms with Gasteiger partial charge in [-0.15, -0.1) is 11.8 Å². The maximum atomic E-state index is 12.7. The third-order valence-electron chi connectivity index (χ3n) is 4.69. The monoisotopic (exact) mass is 414 g/mol. The Labute approximate surface area is 175 Å². The topological polar surface area (TPSA) is 81.9 Å². The van der Waals surface area contributed by atoms with Crippen LogP contribution >= 0.6 is 11.8 Å². The second-order valence-corrected chi connectivity index (χ2v) is 7.87. The molecule has 0 spiro atoms. The van der Waals surface area contributed by atoms with Crippen LogP contribution in [0.15, 0.2) is 47.4 Å². The molecular weight excluding hydrogens is 388 g/mol. The van der Waals surface area contributed by atoms with E-state index in [9.17, 15) is 9.59 Å². The van der Waals surface area contributed by atoms with E-state index in [0.29, 0.717) is 37.8 Å². The zero-order chi connectivity index (χ0) is 20.8. The lowest BCUT2D eigenvalue weighted by Crippen LogP contribution is -2.37. The molecule has 2 N–H and O–H groups in total. The number of rotatable bonds is 9. The number of nitrogens with zero attached hydrogens (tertiary/aromatic N) is 1. The molecule has 1 aliphatic rings. The Bertz CT molecular complexity index is 870. The summed E-state index contributed by atoms with van der Waals surface area (Å²) >= 11 is 1.67. The SMILES string of the molecule is CCOC(Cc1ccc(OCCN2CSc3ccc(C)cc3C2=O)cc1)C(N)=O. The third kappa shape index (κ3) is 5.52. The number of fused-ring (bicyclic) bond motifs is 1. The Kier molecular flexibility index (Phi) is 7.17. The molecule has 0 saturated carbocycles. The van der Waals surface area contributed by atoms with Gasteiger partial charge in [-0.2, -0.15) is 0 Å². The molecule has 154 valence electrons. The molecule has 0 bridgehead atoms. The first-order valence-electron chi connectivity index (χ1n) is 9.63. The van der Waals surface area contributed by atoms with Crippen molar-refractivity contribution in [2.24, 2.45) is 5.73 Å². The van der Waals surface area contributed by atoms with E-state index in [-0.39, 0.29) is 5.91 Å². The van der Waals surface area contributed by atoms with Crippen LogP contribution in [0.1, 0.15) is 28.4 Å². The summed E-state index contributed by atoms with van der Waals surface area (Å²) in [7, 11) is 0. The summed E-state index contributed by atoms with van der Waals surface area (Å²) in [5, 5.41) is 0. The van der Waals surface area contributed by atoms with Crippen molar-refractivity contribution in [1.82, 2.24) is 4.90 Å². The number of nitrogens with two attached hydrogens (primary N) is 1. The second-order valence-electron chi connectivity index (χ2n) is 6.88. The van der Waals surface area contributed by atoms with Crippen molar-refractivity contribution in [1.29, 1.82) is 0 Å². The number of ether oxygens (including phenoxy) is 2. The van der Waals surface area contributed by atoms with Gasteiger partial charge in [0.25, 0.3) is 5.91 Å². The molecular formula is C22H26N2O4S. The summed E-state index contributed by atoms with van der Waals surface area (Å²) in [4.78, 5) is 26.9. The fourth-order valence-corrected chi connectivity index (χ4v) is 4.14. The Morgan fingerprint density at radius 2 is 2.00 bits per heavy atom. The van der Waals surface area contributed by atoms with Crippen molar-refractivity contribution < 1.29 is 19.1 Å². The van der Waals surface area contributed by atoms with Gasteiger partial charge in [0.05, 0.1) is 18.0 Å². The molecule has 6 nitrogen and oxygen atoms in total. The Morgan fingerprint density at radius 1 is 1.24 bits per heavy atom. The number of carbonyl (C=O) groups excluding carboxylic acids is 2. The van der Waals surface area contributed by atoms with Crippen LogP contribution in [0.25, 0.3) is 0 Å². The average Bonchev–Trinajstić information content (AvgIpc) is 2.71. The van der Waals surface area contributed by atoms with Crippen molar-refractivity contribution in [2.75, 3.05) is 25.6 Å². The van der Waals surface area contributed by atoms with Gasteiger partial charge in [0, 0.05) is 17.9 Å². The van der Waals surface area contributed by atoms with Gasteiger partial charge in [-0.25, -0.2) is 0 Å². The highest BCUT2D eigenvalue weighted by Crippen LogP contribution is 2.30. The van der Waals surface area contributed by atoms with E-state index in [2.05, 4.69) is 0 Å². The molecule has 29 heavy (non-hydrogen) atoms. The van der Waals surface area contributed by atoms with Gasteiger partial charge in [0.15, 0.2) is 0 Å². The number of primary amides is 1. The number of amides is 2. The van der Waals surface area contributed by atoms with Crippen molar-refractivity contribution >= 4 is 23.6 Å². The second kappa shape index (κ2) is 9.80. The van der Waals surface area contributed by atoms with Crippen LogP contribution in [-0.4, -0.2) is 48.5 Å². The minimum absolute atomic E-state index is 0.0508. The first-order chi connectivity index (χ1) is 14.0. The number of thioether (sulfide) groups is 1. The smallest absolute Gasteiger partial charge is 0.255 e. The highest BCUT2D eigenvalue weighted by Gasteiger charge is 2.24. The summed E-state index contributed by atoms with van der Waals surface area (Å²) in [6.45, 7) is 5.19. The van der Waals surface area contributed by atoms with Gasteiger partial charge in [0.1, 0.15) is 18.5 Å². The Morgan fingerprint density at radius 3 is 2.69 bits per heavy atom. The first-order valence-corrected chi connectivity index (χ1v) is 10.6. The lowest BCUT2D eigenvalue weighted by atomic mass is 10.1. The molecule has 1 unspecified atom stereocenters. The van der Waals surface area contributed by atoms with Gasteiger partial charge in [0.2, 0.25) is 5.91 Å². The molecule has 1 aliphatic heterocycles. The lowest BCUT2D eigenvalue weighted by molar-refractivity contribution is -0.129. The van der Waals surface area contributed by atoms with E-state index in [1.165, 1.54) is 0 Å². The van der Waals surface area contributed by atoms with E-state index in [1.54, 1.807) is 16.7 Å². The Hall–Kier alpha value is -2.51. The van der Waals surface area contributed by atoms with Crippen molar-refractivity contribution in [3.8, 4) is 5.75 Å². The van der Waals surface area contributed by atoms with E-state index < -0.39 is 12.0 Å². The maximum absolute atomic E-state index is 12.7. The number of benzene rings is 2. The number of hydrogen-bond acceptors (Lipinski definition) is 5. The predicted molar refractivity (Wildman–Crippen MR) is 113 cm³/mol. The van der Waals surface area contributed by atoms with Crippen LogP contribution in [0, 0.1) is 6.92 Å². The van der Waals surface area contributed by atoms with E-state index in [1.807, 2.05) is 56.3 Å². The standard InChI is InChI=1S/C22H26N2O4S/c1-3-27-19(21(23)25)13-16-5-7-17(8-6-16)28-11-10-24-14-29-20-9-4-15(2)12-18(20)22(24)26/h4-9,12,19H,3,10-11,13-14H2,1-2H3,(H2,23,25). The van der Waals surface area contributed by atoms with Gasteiger partial charge in [-0.3, -0.25) is 9.59 Å². The molecule has 1 heterocycles. The first kappa shape index (κ1) is 21.2. The maximum Gasteiger partial charge on any atom is 0.255 e. The molecule has 2 aromatic carbocycles. The number of carbonyl (C=O) groups is 2. The normalized spacial score (nSPS) is 14.4. The van der Waals surface area contributed by atoms with E-state index >= 15 is 0 Å². The molecule has 0 saturated heterocycles. The molecule has 2 amide bonds. The third-order valence-corrected chi connectivity index (χ3v) is 5.80. The molecule has 0 fully saturated rings. The fraction of sp³-hybridized carbons (Fsp3) is 0.364. The minimum Gasteiger partial charge on any atom is -0.492 e. The van der Waals surface area contributed by atoms with Gasteiger partial charge < -0.3 is 20.1 Å². The highest BCUT2D eigenvalue weighted by atomic mass is 32.2. The molecule has 0 radical (unpaired) electrons. The van der Waals surface area contributed by atoms with Gasteiger partial charge in [-0.1, -0.05) is 23.8 Å². The number of aryl methyl sites for hydroxylation is 1. The molecule has 1 atom stereocenters. The highest BCUT2D eigenvalue weighted by molar-refractivity contribution is 7.99. The minimum atomic E-state index is -0.624. The Balaban J connectivity index is 1.51. The zero-order valence-corrected chi connectivity index (χ0v) is 17.5. The fourth-order valence-electron chi connectivity index (χ4n) is 3.13. The summed E-state index contributed by atoms with van der Waals surface area (Å²) in [5.74, 6) is 0.931. The average molecular weight is 415 g/mol. The molecule has 3 rings (SSSR count). The zero-order valence-electron chi connectivity index (χ0n) is 16.7. The summed E-state index contributed by atoms with van der Waals surface area (Å²) in [6, 6.07) is 13.5. The summed E-state index contributed by atoms with van der Waals surface area (Å²) in [6.07, 6.45) is -0.192. The molecule has 7 heteroatoms. The van der Waals surface area contributed by atoms with Crippen LogP contribution < -0.4 is 10.5 Å². The van der Waals surface area contributed by atoms with E-state index in [4.69, 9.17) is 15.2 Å². The lowest BCUT2D eigenvalue weighted by Gasteiger charge is -2.28. The molecule has 0 aromatic heterocycles. The largest absolute Gasteiger partial charge is 0.492 e. The van der Waals surface area contributed by atoms with E-state index in [0.717, 1.165) is 21.6 Å². The van der Waals surface area contributed by atoms with Crippen LogP contribution in [0.4, 0.5) is 0 Å². The predicted octanol–water partition coefficient (Wildman–Crippen LogP) is 3.01. The summed E-state index contributed by atoms with van der Waals surface area (Å²) in [5.41, 5.74) is 8.16.